The van der Waals surface area contributed by atoms with Crippen LogP contribution in [0.4, 0.5) is 10.5 Å². The Morgan fingerprint density at radius 1 is 1.00 bits per heavy atom. The van der Waals surface area contributed by atoms with E-state index in [-0.39, 0.29) is 18.2 Å². The second-order valence-electron chi connectivity index (χ2n) is 8.78. The summed E-state index contributed by atoms with van der Waals surface area (Å²) in [6.45, 7) is 2.93. The molecule has 0 bridgehead atoms. The fourth-order valence-electron chi connectivity index (χ4n) is 4.49. The minimum absolute atomic E-state index is 0.0625. The first kappa shape index (κ1) is 21.9. The maximum absolute atomic E-state index is 13.3. The number of carbonyl (C=O) groups excluding carboxylic acids is 4. The molecule has 2 saturated heterocycles. The van der Waals surface area contributed by atoms with E-state index in [0.717, 1.165) is 23.4 Å². The van der Waals surface area contributed by atoms with Gasteiger partial charge in [0.15, 0.2) is 17.3 Å². The van der Waals surface area contributed by atoms with Crippen LogP contribution in [0.1, 0.15) is 42.1 Å². The number of hydrogen-bond acceptors (Lipinski definition) is 6. The van der Waals surface area contributed by atoms with E-state index in [0.29, 0.717) is 48.8 Å². The zero-order valence-electron chi connectivity index (χ0n) is 18.8. The van der Waals surface area contributed by atoms with Gasteiger partial charge < -0.3 is 19.7 Å². The minimum Gasteiger partial charge on any atom is -0.490 e. The van der Waals surface area contributed by atoms with E-state index in [1.807, 2.05) is 0 Å². The third kappa shape index (κ3) is 3.76. The van der Waals surface area contributed by atoms with E-state index < -0.39 is 17.5 Å². The molecule has 3 aliphatic heterocycles. The van der Waals surface area contributed by atoms with Crippen molar-refractivity contribution in [3.63, 3.8) is 0 Å². The predicted octanol–water partition coefficient (Wildman–Crippen LogP) is 2.62. The molecular formula is C25H25N3O6. The highest BCUT2D eigenvalue weighted by atomic mass is 16.5. The van der Waals surface area contributed by atoms with Crippen LogP contribution in [-0.4, -0.2) is 54.8 Å². The molecule has 0 aliphatic carbocycles. The second kappa shape index (κ2) is 8.48. The summed E-state index contributed by atoms with van der Waals surface area (Å²) in [5.41, 5.74) is 0.308. The molecule has 2 aromatic carbocycles. The molecule has 3 aliphatic rings. The first-order valence-electron chi connectivity index (χ1n) is 11.3. The monoisotopic (exact) mass is 463 g/mol. The Hall–Kier alpha value is -3.88. The van der Waals surface area contributed by atoms with Crippen LogP contribution >= 0.6 is 0 Å². The molecule has 2 fully saturated rings. The van der Waals surface area contributed by atoms with Crippen LogP contribution in [0, 0.1) is 0 Å². The van der Waals surface area contributed by atoms with Crippen molar-refractivity contribution >= 4 is 29.3 Å². The lowest BCUT2D eigenvalue weighted by atomic mass is 9.91. The predicted molar refractivity (Wildman–Crippen MR) is 122 cm³/mol. The van der Waals surface area contributed by atoms with Crippen LogP contribution in [0.3, 0.4) is 0 Å². The molecule has 0 aromatic heterocycles. The van der Waals surface area contributed by atoms with Crippen molar-refractivity contribution in [2.24, 2.45) is 0 Å². The first-order valence-corrected chi connectivity index (χ1v) is 11.3. The van der Waals surface area contributed by atoms with Crippen molar-refractivity contribution in [3.05, 3.63) is 53.6 Å². The Balaban J connectivity index is 1.32. The number of carbonyl (C=O) groups is 4. The van der Waals surface area contributed by atoms with Gasteiger partial charge in [0.25, 0.3) is 5.91 Å². The topological polar surface area (TPSA) is 105 Å². The van der Waals surface area contributed by atoms with Gasteiger partial charge in [-0.3, -0.25) is 19.3 Å². The molecule has 0 saturated carbocycles. The molecule has 4 amide bonds. The maximum Gasteiger partial charge on any atom is 0.325 e. The molecule has 0 radical (unpaired) electrons. The van der Waals surface area contributed by atoms with Gasteiger partial charge in [0.1, 0.15) is 5.54 Å². The SMILES string of the molecule is C[C@]1(c2ccc3c(c2)OCCCO3)NC(=O)N(CC(=O)c2ccc(N3CCCC3=O)cc2)C1=O. The smallest absolute Gasteiger partial charge is 0.325 e. The summed E-state index contributed by atoms with van der Waals surface area (Å²) in [5.74, 6) is 0.287. The molecular weight excluding hydrogens is 438 g/mol. The first-order chi connectivity index (χ1) is 16.4. The largest absolute Gasteiger partial charge is 0.490 e. The van der Waals surface area contributed by atoms with E-state index in [1.54, 1.807) is 54.3 Å². The summed E-state index contributed by atoms with van der Waals surface area (Å²) in [5, 5.41) is 2.72. The summed E-state index contributed by atoms with van der Waals surface area (Å²) in [6.07, 6.45) is 2.09. The van der Waals surface area contributed by atoms with Gasteiger partial charge in [0.2, 0.25) is 5.91 Å². The summed E-state index contributed by atoms with van der Waals surface area (Å²) in [6, 6.07) is 11.2. The zero-order valence-corrected chi connectivity index (χ0v) is 18.8. The molecule has 0 unspecified atom stereocenters. The third-order valence-corrected chi connectivity index (χ3v) is 6.48. The molecule has 3 heterocycles. The highest BCUT2D eigenvalue weighted by Crippen LogP contribution is 2.36. The van der Waals surface area contributed by atoms with Crippen LogP contribution in [0.25, 0.3) is 0 Å². The molecule has 2 aromatic rings. The van der Waals surface area contributed by atoms with Gasteiger partial charge in [-0.05, 0) is 55.3 Å². The lowest BCUT2D eigenvalue weighted by Gasteiger charge is -2.23. The van der Waals surface area contributed by atoms with Crippen LogP contribution in [-0.2, 0) is 15.1 Å². The Morgan fingerprint density at radius 2 is 1.74 bits per heavy atom. The van der Waals surface area contributed by atoms with Crippen LogP contribution in [0.2, 0.25) is 0 Å². The van der Waals surface area contributed by atoms with E-state index in [2.05, 4.69) is 5.32 Å². The van der Waals surface area contributed by atoms with Crippen molar-refractivity contribution in [1.29, 1.82) is 0 Å². The highest BCUT2D eigenvalue weighted by molar-refractivity contribution is 6.11. The van der Waals surface area contributed by atoms with Crippen LogP contribution in [0.15, 0.2) is 42.5 Å². The van der Waals surface area contributed by atoms with Gasteiger partial charge >= 0.3 is 6.03 Å². The minimum atomic E-state index is -1.33. The van der Waals surface area contributed by atoms with E-state index in [1.165, 1.54) is 0 Å². The van der Waals surface area contributed by atoms with E-state index >= 15 is 0 Å². The Morgan fingerprint density at radius 3 is 2.44 bits per heavy atom. The summed E-state index contributed by atoms with van der Waals surface area (Å²) >= 11 is 0. The van der Waals surface area contributed by atoms with Gasteiger partial charge in [0.05, 0.1) is 19.8 Å². The molecule has 0 spiro atoms. The molecule has 9 heteroatoms. The average molecular weight is 463 g/mol. The van der Waals surface area contributed by atoms with Crippen LogP contribution in [0.5, 0.6) is 11.5 Å². The summed E-state index contributed by atoms with van der Waals surface area (Å²) < 4.78 is 11.4. The summed E-state index contributed by atoms with van der Waals surface area (Å²) in [7, 11) is 0. The van der Waals surface area contributed by atoms with Gasteiger partial charge in [0, 0.05) is 30.6 Å². The lowest BCUT2D eigenvalue weighted by Crippen LogP contribution is -2.41. The van der Waals surface area contributed by atoms with Crippen molar-refractivity contribution in [2.45, 2.75) is 31.7 Å². The molecule has 1 atom stereocenters. The zero-order chi connectivity index (χ0) is 23.9. The second-order valence-corrected chi connectivity index (χ2v) is 8.78. The Labute approximate surface area is 196 Å². The molecule has 1 N–H and O–H groups in total. The van der Waals surface area contributed by atoms with Gasteiger partial charge in [-0.1, -0.05) is 6.07 Å². The number of fused-ring (bicyclic) bond motifs is 1. The van der Waals surface area contributed by atoms with Crippen molar-refractivity contribution < 1.29 is 28.7 Å². The number of anilines is 1. The lowest BCUT2D eigenvalue weighted by molar-refractivity contribution is -0.130. The fourth-order valence-corrected chi connectivity index (χ4v) is 4.49. The number of Topliss-reactive ketones (excluding diaryl/α,β-unsaturated/α-hetero) is 1. The van der Waals surface area contributed by atoms with Crippen molar-refractivity contribution in [3.8, 4) is 11.5 Å². The van der Waals surface area contributed by atoms with Crippen LogP contribution < -0.4 is 19.7 Å². The number of amides is 4. The quantitative estimate of drug-likeness (QED) is 0.540. The highest BCUT2D eigenvalue weighted by Gasteiger charge is 2.49. The number of hydrogen-bond donors (Lipinski definition) is 1. The summed E-state index contributed by atoms with van der Waals surface area (Å²) in [4.78, 5) is 53.4. The normalized spacial score (nSPS) is 22.1. The molecule has 9 nitrogen and oxygen atoms in total. The van der Waals surface area contributed by atoms with E-state index in [4.69, 9.17) is 9.47 Å². The number of ketones is 1. The maximum atomic E-state index is 13.3. The molecule has 5 rings (SSSR count). The molecule has 34 heavy (non-hydrogen) atoms. The third-order valence-electron chi connectivity index (χ3n) is 6.48. The van der Waals surface area contributed by atoms with Crippen molar-refractivity contribution in [1.82, 2.24) is 10.2 Å². The number of imide groups is 1. The number of rotatable bonds is 5. The molecule has 176 valence electrons. The number of ether oxygens (including phenoxy) is 2. The fraction of sp³-hybridized carbons (Fsp3) is 0.360. The number of nitrogens with one attached hydrogen (secondary N) is 1. The van der Waals surface area contributed by atoms with Gasteiger partial charge in [-0.25, -0.2) is 4.79 Å². The van der Waals surface area contributed by atoms with Gasteiger partial charge in [-0.15, -0.1) is 0 Å². The standard InChI is InChI=1S/C25H25N3O6/c1-25(17-7-10-20-21(14-17)34-13-3-12-33-20)23(31)28(24(32)26-25)15-19(29)16-5-8-18(9-6-16)27-11-2-4-22(27)30/h5-10,14H,2-4,11-13,15H2,1H3,(H,26,32)/t25-/m1/s1. The number of nitrogens with zero attached hydrogens (tertiary/aromatic N) is 2. The number of benzene rings is 2. The Bertz CT molecular complexity index is 1180. The Kier molecular flexibility index (Phi) is 5.47. The average Bonchev–Trinajstić information content (AvgIpc) is 3.24. The van der Waals surface area contributed by atoms with Crippen molar-refractivity contribution in [2.75, 3.05) is 31.2 Å². The number of urea groups is 1. The van der Waals surface area contributed by atoms with E-state index in [9.17, 15) is 19.2 Å². The van der Waals surface area contributed by atoms with Gasteiger partial charge in [-0.2, -0.15) is 0 Å².